The van der Waals surface area contributed by atoms with Gasteiger partial charge in [0.05, 0.1) is 16.4 Å². The minimum atomic E-state index is -3.62. The number of thiophene rings is 1. The number of anilines is 1. The first kappa shape index (κ1) is 14.1. The normalized spacial score (nSPS) is 11.5. The van der Waals surface area contributed by atoms with E-state index < -0.39 is 10.0 Å². The number of rotatable bonds is 4. The molecule has 0 radical (unpaired) electrons. The summed E-state index contributed by atoms with van der Waals surface area (Å²) < 4.78 is 29.4. The number of sulfonamides is 1. The molecule has 5 nitrogen and oxygen atoms in total. The first-order valence-corrected chi connectivity index (χ1v) is 8.59. The highest BCUT2D eigenvalue weighted by molar-refractivity contribution is 7.94. The van der Waals surface area contributed by atoms with Crippen LogP contribution in [0.4, 0.5) is 5.69 Å². The van der Waals surface area contributed by atoms with Gasteiger partial charge in [0.15, 0.2) is 0 Å². The summed E-state index contributed by atoms with van der Waals surface area (Å²) in [6, 6.07) is 10.1. The van der Waals surface area contributed by atoms with Crippen molar-refractivity contribution in [1.29, 1.82) is 0 Å². The van der Waals surface area contributed by atoms with Crippen LogP contribution in [-0.2, 0) is 10.0 Å². The van der Waals surface area contributed by atoms with Gasteiger partial charge in [-0.15, -0.1) is 11.3 Å². The number of nitrogens with zero attached hydrogens (tertiary/aromatic N) is 2. The van der Waals surface area contributed by atoms with Crippen LogP contribution in [0.2, 0.25) is 4.34 Å². The molecule has 21 heavy (non-hydrogen) atoms. The van der Waals surface area contributed by atoms with E-state index in [1.807, 2.05) is 6.07 Å². The van der Waals surface area contributed by atoms with Crippen LogP contribution in [0.5, 0.6) is 0 Å². The largest absolute Gasteiger partial charge is 0.306 e. The molecule has 0 bridgehead atoms. The van der Waals surface area contributed by atoms with E-state index in [0.29, 0.717) is 10.0 Å². The first-order valence-electron chi connectivity index (χ1n) is 5.91. The second-order valence-electron chi connectivity index (χ2n) is 4.18. The van der Waals surface area contributed by atoms with Crippen molar-refractivity contribution < 1.29 is 8.42 Å². The van der Waals surface area contributed by atoms with Crippen LogP contribution in [0, 0.1) is 0 Å². The molecular formula is C13H10ClN3O2S2. The Morgan fingerprint density at radius 1 is 1.24 bits per heavy atom. The van der Waals surface area contributed by atoms with Gasteiger partial charge in [-0.05, 0) is 30.3 Å². The van der Waals surface area contributed by atoms with Crippen molar-refractivity contribution >= 4 is 38.6 Å². The van der Waals surface area contributed by atoms with Gasteiger partial charge in [-0.1, -0.05) is 17.7 Å². The fourth-order valence-electron chi connectivity index (χ4n) is 1.79. The summed E-state index contributed by atoms with van der Waals surface area (Å²) in [4.78, 5) is 3.96. The molecule has 1 N–H and O–H groups in total. The Morgan fingerprint density at radius 2 is 2.10 bits per heavy atom. The number of benzene rings is 1. The highest BCUT2D eigenvalue weighted by Gasteiger charge is 2.16. The topological polar surface area (TPSA) is 64.0 Å². The molecule has 0 aliphatic carbocycles. The van der Waals surface area contributed by atoms with Gasteiger partial charge in [0, 0.05) is 18.1 Å². The first-order chi connectivity index (χ1) is 10.0. The van der Waals surface area contributed by atoms with Gasteiger partial charge in [0.25, 0.3) is 10.0 Å². The summed E-state index contributed by atoms with van der Waals surface area (Å²) in [7, 11) is -3.62. The molecule has 2 heterocycles. The number of hydrogen-bond acceptors (Lipinski definition) is 4. The van der Waals surface area contributed by atoms with Crippen LogP contribution < -0.4 is 4.72 Å². The Labute approximate surface area is 130 Å². The second kappa shape index (κ2) is 5.51. The number of halogens is 1. The Morgan fingerprint density at radius 3 is 2.76 bits per heavy atom. The molecule has 3 aromatic rings. The molecule has 108 valence electrons. The van der Waals surface area contributed by atoms with Gasteiger partial charge in [-0.3, -0.25) is 4.72 Å². The van der Waals surface area contributed by atoms with Gasteiger partial charge in [0.2, 0.25) is 0 Å². The minimum absolute atomic E-state index is 0.181. The molecule has 0 fully saturated rings. The summed E-state index contributed by atoms with van der Waals surface area (Å²) in [6.07, 6.45) is 5.09. The highest BCUT2D eigenvalue weighted by Crippen LogP contribution is 2.27. The zero-order valence-electron chi connectivity index (χ0n) is 10.6. The van der Waals surface area contributed by atoms with E-state index in [4.69, 9.17) is 11.6 Å². The van der Waals surface area contributed by atoms with E-state index in [0.717, 1.165) is 17.0 Å². The molecule has 0 amide bonds. The monoisotopic (exact) mass is 339 g/mol. The number of hydrogen-bond donors (Lipinski definition) is 1. The maximum Gasteiger partial charge on any atom is 0.271 e. The number of nitrogens with one attached hydrogen (secondary N) is 1. The lowest BCUT2D eigenvalue weighted by Gasteiger charge is -2.08. The standard InChI is InChI=1S/C13H10ClN3O2S2/c14-12-4-5-13(20-12)21(18,19)16-10-2-1-3-11(8-10)17-7-6-15-9-17/h1-9,16H. The summed E-state index contributed by atoms with van der Waals surface area (Å²) in [5, 5.41) is 0. The van der Waals surface area contributed by atoms with Crippen molar-refractivity contribution in [1.82, 2.24) is 9.55 Å². The van der Waals surface area contributed by atoms with Crippen molar-refractivity contribution in [3.63, 3.8) is 0 Å². The molecule has 0 aliphatic rings. The van der Waals surface area contributed by atoms with Crippen LogP contribution in [0.25, 0.3) is 5.69 Å². The van der Waals surface area contributed by atoms with Crippen LogP contribution >= 0.6 is 22.9 Å². The van der Waals surface area contributed by atoms with E-state index in [2.05, 4.69) is 9.71 Å². The highest BCUT2D eigenvalue weighted by atomic mass is 35.5. The van der Waals surface area contributed by atoms with E-state index in [1.54, 1.807) is 47.6 Å². The van der Waals surface area contributed by atoms with Gasteiger partial charge in [-0.2, -0.15) is 0 Å². The van der Waals surface area contributed by atoms with Crippen molar-refractivity contribution in [2.45, 2.75) is 4.21 Å². The molecular weight excluding hydrogens is 330 g/mol. The summed E-state index contributed by atoms with van der Waals surface area (Å²) >= 11 is 6.79. The molecule has 1 aromatic carbocycles. The maximum atomic E-state index is 12.2. The third-order valence-electron chi connectivity index (χ3n) is 2.71. The Kier molecular flexibility index (Phi) is 3.71. The average molecular weight is 340 g/mol. The van der Waals surface area contributed by atoms with Crippen LogP contribution in [0.15, 0.2) is 59.3 Å². The van der Waals surface area contributed by atoms with Crippen molar-refractivity contribution in [2.24, 2.45) is 0 Å². The molecule has 0 unspecified atom stereocenters. The Hall–Kier alpha value is -1.83. The number of aromatic nitrogens is 2. The minimum Gasteiger partial charge on any atom is -0.306 e. The third-order valence-corrected chi connectivity index (χ3v) is 5.82. The van der Waals surface area contributed by atoms with Crippen LogP contribution in [0.3, 0.4) is 0 Å². The summed E-state index contributed by atoms with van der Waals surface area (Å²) in [6.45, 7) is 0. The molecule has 0 saturated heterocycles. The molecule has 3 rings (SSSR count). The quantitative estimate of drug-likeness (QED) is 0.792. The summed E-state index contributed by atoms with van der Waals surface area (Å²) in [5.41, 5.74) is 1.29. The van der Waals surface area contributed by atoms with Gasteiger partial charge in [0.1, 0.15) is 4.21 Å². The van der Waals surface area contributed by atoms with Gasteiger partial charge < -0.3 is 4.57 Å². The molecule has 0 spiro atoms. The predicted molar refractivity (Wildman–Crippen MR) is 83.7 cm³/mol. The van der Waals surface area contributed by atoms with Crippen LogP contribution in [0.1, 0.15) is 0 Å². The fraction of sp³-hybridized carbons (Fsp3) is 0. The average Bonchev–Trinajstić information content (AvgIpc) is 3.09. The second-order valence-corrected chi connectivity index (χ2v) is 7.81. The number of imidazole rings is 1. The zero-order chi connectivity index (χ0) is 14.9. The molecule has 2 aromatic heterocycles. The van der Waals surface area contributed by atoms with E-state index in [9.17, 15) is 8.42 Å². The van der Waals surface area contributed by atoms with Crippen molar-refractivity contribution in [3.05, 3.63) is 59.5 Å². The SMILES string of the molecule is O=S(=O)(Nc1cccc(-n2ccnc2)c1)c1ccc(Cl)s1. The lowest BCUT2D eigenvalue weighted by Crippen LogP contribution is -2.11. The molecule has 0 aliphatic heterocycles. The van der Waals surface area contributed by atoms with E-state index >= 15 is 0 Å². The molecule has 0 atom stereocenters. The Bertz CT molecular complexity index is 857. The molecule has 0 saturated carbocycles. The van der Waals surface area contributed by atoms with Gasteiger partial charge in [-0.25, -0.2) is 13.4 Å². The zero-order valence-corrected chi connectivity index (χ0v) is 13.0. The van der Waals surface area contributed by atoms with Crippen LogP contribution in [-0.4, -0.2) is 18.0 Å². The lowest BCUT2D eigenvalue weighted by atomic mass is 10.3. The summed E-state index contributed by atoms with van der Waals surface area (Å²) in [5.74, 6) is 0. The van der Waals surface area contributed by atoms with E-state index in [-0.39, 0.29) is 4.21 Å². The Balaban J connectivity index is 1.90. The molecule has 8 heteroatoms. The predicted octanol–water partition coefficient (Wildman–Crippen LogP) is 3.39. The smallest absolute Gasteiger partial charge is 0.271 e. The lowest BCUT2D eigenvalue weighted by molar-refractivity contribution is 0.603. The van der Waals surface area contributed by atoms with Gasteiger partial charge >= 0.3 is 0 Å². The van der Waals surface area contributed by atoms with Crippen molar-refractivity contribution in [3.8, 4) is 5.69 Å². The van der Waals surface area contributed by atoms with Crippen molar-refractivity contribution in [2.75, 3.05) is 4.72 Å². The maximum absolute atomic E-state index is 12.2. The third kappa shape index (κ3) is 3.10. The fourth-order valence-corrected chi connectivity index (χ4v) is 4.32. The van der Waals surface area contributed by atoms with E-state index in [1.165, 1.54) is 6.07 Å².